The molecule has 0 aliphatic heterocycles. The molecule has 0 saturated heterocycles. The zero-order valence-electron chi connectivity index (χ0n) is 24.4. The third kappa shape index (κ3) is 12.6. The standard InChI is InChI=1S/C27H49Cl3O6Si/c1-18(2)13-12-14-19(3)22(35-24(33)34-17-27(28,29)30)20(4)23(32)26(8,9)21(15-16-31)36-37(10,11)25(5,6)7/h19-22,31H,1,12-17H2,2-11H3/t19-,20+,21-,22-/m0/s1. The highest BCUT2D eigenvalue weighted by Crippen LogP contribution is 2.42. The van der Waals surface area contributed by atoms with Gasteiger partial charge in [0.1, 0.15) is 18.5 Å². The Hall–Kier alpha value is -0.313. The Morgan fingerprint density at radius 3 is 2.00 bits per heavy atom. The van der Waals surface area contributed by atoms with Crippen molar-refractivity contribution in [3.63, 3.8) is 0 Å². The summed E-state index contributed by atoms with van der Waals surface area (Å²) in [4.78, 5) is 26.5. The van der Waals surface area contributed by atoms with E-state index in [1.165, 1.54) is 0 Å². The monoisotopic (exact) mass is 602 g/mol. The van der Waals surface area contributed by atoms with Crippen LogP contribution in [0.4, 0.5) is 4.79 Å². The average Bonchev–Trinajstić information content (AvgIpc) is 2.72. The minimum Gasteiger partial charge on any atom is -0.430 e. The lowest BCUT2D eigenvalue weighted by molar-refractivity contribution is -0.142. The van der Waals surface area contributed by atoms with E-state index in [4.69, 9.17) is 48.7 Å². The summed E-state index contributed by atoms with van der Waals surface area (Å²) in [6.45, 7) is 23.3. The van der Waals surface area contributed by atoms with Gasteiger partial charge in [0, 0.05) is 12.0 Å². The second-order valence-corrected chi connectivity index (χ2v) is 19.6. The zero-order chi connectivity index (χ0) is 29.4. The lowest BCUT2D eigenvalue weighted by Crippen LogP contribution is -2.52. The van der Waals surface area contributed by atoms with Crippen molar-refractivity contribution in [3.05, 3.63) is 12.2 Å². The third-order valence-electron chi connectivity index (χ3n) is 7.39. The highest BCUT2D eigenvalue weighted by atomic mass is 35.6. The Bertz CT molecular complexity index is 758. The fourth-order valence-corrected chi connectivity index (χ4v) is 5.64. The Morgan fingerprint density at radius 2 is 1.57 bits per heavy atom. The van der Waals surface area contributed by atoms with Crippen LogP contribution < -0.4 is 0 Å². The summed E-state index contributed by atoms with van der Waals surface area (Å²) in [5.74, 6) is -0.929. The van der Waals surface area contributed by atoms with Crippen LogP contribution >= 0.6 is 34.8 Å². The van der Waals surface area contributed by atoms with E-state index in [-0.39, 0.29) is 23.3 Å². The van der Waals surface area contributed by atoms with Crippen molar-refractivity contribution in [2.24, 2.45) is 17.3 Å². The van der Waals surface area contributed by atoms with E-state index in [1.807, 2.05) is 27.7 Å². The molecular weight excluding hydrogens is 555 g/mol. The van der Waals surface area contributed by atoms with Gasteiger partial charge < -0.3 is 19.0 Å². The molecule has 37 heavy (non-hydrogen) atoms. The summed E-state index contributed by atoms with van der Waals surface area (Å²) in [6.07, 6.45) is 0.459. The largest absolute Gasteiger partial charge is 0.508 e. The van der Waals surface area contributed by atoms with Gasteiger partial charge in [0.15, 0.2) is 8.32 Å². The Labute approximate surface area is 240 Å². The van der Waals surface area contributed by atoms with Crippen LogP contribution in [-0.4, -0.2) is 54.6 Å². The molecule has 0 spiro atoms. The molecule has 6 nitrogen and oxygen atoms in total. The van der Waals surface area contributed by atoms with Crippen molar-refractivity contribution in [3.8, 4) is 0 Å². The molecule has 1 N–H and O–H groups in total. The highest BCUT2D eigenvalue weighted by Gasteiger charge is 2.48. The van der Waals surface area contributed by atoms with Crippen molar-refractivity contribution >= 4 is 55.1 Å². The van der Waals surface area contributed by atoms with Crippen LogP contribution in [0.25, 0.3) is 0 Å². The second kappa shape index (κ2) is 14.9. The maximum absolute atomic E-state index is 14.0. The lowest BCUT2D eigenvalue weighted by Gasteiger charge is -2.45. The van der Waals surface area contributed by atoms with Crippen LogP contribution in [0.15, 0.2) is 12.2 Å². The van der Waals surface area contributed by atoms with Gasteiger partial charge in [-0.1, -0.05) is 88.8 Å². The van der Waals surface area contributed by atoms with Gasteiger partial charge in [-0.05, 0) is 56.7 Å². The zero-order valence-corrected chi connectivity index (χ0v) is 27.6. The number of aliphatic hydroxyl groups is 1. The molecule has 0 aromatic rings. The van der Waals surface area contributed by atoms with E-state index < -0.39 is 48.4 Å². The molecular formula is C27H49Cl3O6Si. The van der Waals surface area contributed by atoms with Crippen molar-refractivity contribution in [1.82, 2.24) is 0 Å². The van der Waals surface area contributed by atoms with E-state index in [2.05, 4.69) is 40.4 Å². The highest BCUT2D eigenvalue weighted by molar-refractivity contribution is 6.74. The van der Waals surface area contributed by atoms with Crippen LogP contribution in [0.5, 0.6) is 0 Å². The first-order chi connectivity index (χ1) is 16.6. The predicted octanol–water partition coefficient (Wildman–Crippen LogP) is 8.27. The van der Waals surface area contributed by atoms with Crippen LogP contribution in [0.3, 0.4) is 0 Å². The van der Waals surface area contributed by atoms with Crippen molar-refractivity contribution in [1.29, 1.82) is 0 Å². The first kappa shape index (κ1) is 36.7. The minimum atomic E-state index is -2.24. The number of carbonyl (C=O) groups is 2. The number of carbonyl (C=O) groups excluding carboxylic acids is 2. The first-order valence-corrected chi connectivity index (χ1v) is 17.0. The quantitative estimate of drug-likeness (QED) is 0.0878. The number of ketones is 1. The maximum Gasteiger partial charge on any atom is 0.508 e. The SMILES string of the molecule is C=C(C)CCC[C@H](C)[C@H](OC(=O)OCC(Cl)(Cl)Cl)[C@@H](C)C(=O)C(C)(C)[C@H](CCO)O[Si](C)(C)C(C)(C)C. The summed E-state index contributed by atoms with van der Waals surface area (Å²) >= 11 is 17.1. The van der Waals surface area contributed by atoms with E-state index in [0.29, 0.717) is 12.8 Å². The van der Waals surface area contributed by atoms with Gasteiger partial charge >= 0.3 is 6.16 Å². The van der Waals surface area contributed by atoms with Crippen molar-refractivity contribution in [2.75, 3.05) is 13.2 Å². The molecule has 10 heteroatoms. The van der Waals surface area contributed by atoms with E-state index >= 15 is 0 Å². The fourth-order valence-electron chi connectivity index (χ4n) is 4.00. The van der Waals surface area contributed by atoms with Crippen molar-refractivity contribution in [2.45, 2.75) is 115 Å². The smallest absolute Gasteiger partial charge is 0.430 e. The normalized spacial score (nSPS) is 16.5. The number of Topliss-reactive ketones (excluding diaryl/α,β-unsaturated/α-hetero) is 1. The molecule has 0 unspecified atom stereocenters. The molecule has 0 fully saturated rings. The summed E-state index contributed by atoms with van der Waals surface area (Å²) in [5, 5.41) is 9.73. The van der Waals surface area contributed by atoms with Crippen LogP contribution in [0.1, 0.15) is 81.1 Å². The maximum atomic E-state index is 14.0. The number of allylic oxidation sites excluding steroid dienone is 1. The van der Waals surface area contributed by atoms with Crippen LogP contribution in [-0.2, 0) is 18.7 Å². The fraction of sp³-hybridized carbons (Fsp3) is 0.852. The number of rotatable bonds is 15. The summed E-state index contributed by atoms with van der Waals surface area (Å²) < 4.78 is 15.5. The van der Waals surface area contributed by atoms with Gasteiger partial charge in [0.25, 0.3) is 0 Å². The number of aliphatic hydroxyl groups excluding tert-OH is 1. The minimum absolute atomic E-state index is 0.0683. The Morgan fingerprint density at radius 1 is 1.03 bits per heavy atom. The van der Waals surface area contributed by atoms with Gasteiger partial charge in [0.2, 0.25) is 3.79 Å². The number of alkyl halides is 3. The Balaban J connectivity index is 5.99. The number of hydrogen-bond donors (Lipinski definition) is 1. The third-order valence-corrected chi connectivity index (χ3v) is 12.2. The number of ether oxygens (including phenoxy) is 2. The Kier molecular flexibility index (Phi) is 14.8. The summed E-state index contributed by atoms with van der Waals surface area (Å²) in [6, 6.07) is 0. The van der Waals surface area contributed by atoms with E-state index in [0.717, 1.165) is 18.4 Å². The van der Waals surface area contributed by atoms with E-state index in [1.54, 1.807) is 6.92 Å². The average molecular weight is 604 g/mol. The van der Waals surface area contributed by atoms with Gasteiger partial charge in [0.05, 0.1) is 12.0 Å². The lowest BCUT2D eigenvalue weighted by atomic mass is 9.73. The summed E-state index contributed by atoms with van der Waals surface area (Å²) in [5.41, 5.74) is 0.115. The van der Waals surface area contributed by atoms with Gasteiger partial charge in [-0.2, -0.15) is 0 Å². The van der Waals surface area contributed by atoms with Gasteiger partial charge in [-0.25, -0.2) is 4.79 Å². The van der Waals surface area contributed by atoms with Crippen LogP contribution in [0.2, 0.25) is 18.1 Å². The molecule has 218 valence electrons. The molecule has 0 saturated carbocycles. The van der Waals surface area contributed by atoms with Gasteiger partial charge in [-0.15, -0.1) is 6.58 Å². The number of halogens is 3. The van der Waals surface area contributed by atoms with Crippen molar-refractivity contribution < 1.29 is 28.6 Å². The molecule has 0 amide bonds. The molecule has 0 radical (unpaired) electrons. The first-order valence-electron chi connectivity index (χ1n) is 12.9. The molecule has 0 heterocycles. The molecule has 0 aliphatic carbocycles. The van der Waals surface area contributed by atoms with Gasteiger partial charge in [-0.3, -0.25) is 4.79 Å². The topological polar surface area (TPSA) is 82.1 Å². The predicted molar refractivity (Wildman–Crippen MR) is 156 cm³/mol. The van der Waals surface area contributed by atoms with E-state index in [9.17, 15) is 14.7 Å². The second-order valence-electron chi connectivity index (χ2n) is 12.3. The van der Waals surface area contributed by atoms with Crippen LogP contribution in [0, 0.1) is 17.3 Å². The molecule has 0 aliphatic rings. The number of hydrogen-bond acceptors (Lipinski definition) is 6. The molecule has 0 rings (SSSR count). The molecule has 0 aromatic heterocycles. The summed E-state index contributed by atoms with van der Waals surface area (Å²) in [7, 11) is -2.24. The molecule has 0 bridgehead atoms. The molecule has 4 atom stereocenters. The molecule has 0 aromatic carbocycles.